The molecule has 6 heteroatoms. The van der Waals surface area contributed by atoms with Crippen LogP contribution in [0, 0.1) is 0 Å². The highest BCUT2D eigenvalue weighted by molar-refractivity contribution is 6.64. The number of carbonyl (C=O) groups is 2. The zero-order valence-corrected chi connectivity index (χ0v) is 15.5. The lowest BCUT2D eigenvalue weighted by molar-refractivity contribution is 0.0677. The van der Waals surface area contributed by atoms with Crippen molar-refractivity contribution in [3.05, 3.63) is 65.0 Å². The molecule has 0 amide bonds. The number of benzene rings is 1. The molecule has 139 valence electrons. The number of hydrogen-bond acceptors (Lipinski definition) is 5. The average Bonchev–Trinajstić information content (AvgIpc) is 2.71. The molecule has 2 aromatic rings. The van der Waals surface area contributed by atoms with E-state index in [9.17, 15) is 14.7 Å². The third kappa shape index (κ3) is 4.70. The van der Waals surface area contributed by atoms with Crippen LogP contribution < -0.4 is 0 Å². The lowest BCUT2D eigenvalue weighted by atomic mass is 9.81. The third-order valence-electron chi connectivity index (χ3n) is 5.20. The van der Waals surface area contributed by atoms with Crippen LogP contribution in [-0.4, -0.2) is 46.4 Å². The fourth-order valence-electron chi connectivity index (χ4n) is 3.58. The van der Waals surface area contributed by atoms with Crippen LogP contribution in [0.3, 0.4) is 0 Å². The number of aryl methyl sites for hydroxylation is 1. The highest BCUT2D eigenvalue weighted by atomic mass is 16.3. The van der Waals surface area contributed by atoms with Gasteiger partial charge in [0.1, 0.15) is 0 Å². The second-order valence-electron chi connectivity index (χ2n) is 6.92. The van der Waals surface area contributed by atoms with Crippen molar-refractivity contribution in [2.45, 2.75) is 51.3 Å². The van der Waals surface area contributed by atoms with Crippen molar-refractivity contribution in [1.29, 1.82) is 0 Å². The van der Waals surface area contributed by atoms with Crippen LogP contribution in [0.2, 0.25) is 0 Å². The van der Waals surface area contributed by atoms with Gasteiger partial charge in [-0.3, -0.25) is 9.78 Å². The van der Waals surface area contributed by atoms with Crippen LogP contribution in [0.4, 0.5) is 0 Å². The summed E-state index contributed by atoms with van der Waals surface area (Å²) in [6, 6.07) is 11.5. The molecule has 0 saturated carbocycles. The molecule has 1 aromatic heterocycles. The van der Waals surface area contributed by atoms with Crippen molar-refractivity contribution >= 4 is 19.4 Å². The molecular weight excluding hydrogens is 339 g/mol. The Morgan fingerprint density at radius 3 is 2.78 bits per heavy atom. The van der Waals surface area contributed by atoms with Gasteiger partial charge < -0.3 is 14.7 Å². The van der Waals surface area contributed by atoms with Crippen LogP contribution in [0.25, 0.3) is 0 Å². The van der Waals surface area contributed by atoms with E-state index in [2.05, 4.69) is 11.1 Å². The SMILES string of the molecule is CCc1ccc(C(=O)CC[C@@H](O)[C@@H]2Cc3ccccc3CN2[B]C=O)cn1. The van der Waals surface area contributed by atoms with Gasteiger partial charge in [0, 0.05) is 36.5 Å². The van der Waals surface area contributed by atoms with Gasteiger partial charge in [-0.15, -0.1) is 0 Å². The van der Waals surface area contributed by atoms with Gasteiger partial charge in [-0.05, 0) is 42.5 Å². The molecule has 0 spiro atoms. The number of aliphatic hydroxyl groups is 1. The lowest BCUT2D eigenvalue weighted by Gasteiger charge is -2.38. The molecular formula is C21H24BN2O3. The third-order valence-corrected chi connectivity index (χ3v) is 5.20. The quantitative estimate of drug-likeness (QED) is 0.442. The summed E-state index contributed by atoms with van der Waals surface area (Å²) in [5.41, 5.74) is 3.87. The first-order valence-electron chi connectivity index (χ1n) is 9.39. The maximum Gasteiger partial charge on any atom is 0.293 e. The fraction of sp³-hybridized carbons (Fsp3) is 0.381. The molecule has 3 rings (SSSR count). The van der Waals surface area contributed by atoms with Crippen molar-refractivity contribution in [2.24, 2.45) is 0 Å². The van der Waals surface area contributed by atoms with E-state index in [4.69, 9.17) is 0 Å². The van der Waals surface area contributed by atoms with Crippen LogP contribution in [-0.2, 0) is 24.2 Å². The topological polar surface area (TPSA) is 70.5 Å². The van der Waals surface area contributed by atoms with Crippen molar-refractivity contribution in [1.82, 2.24) is 9.79 Å². The van der Waals surface area contributed by atoms with E-state index in [0.717, 1.165) is 23.9 Å². The second kappa shape index (κ2) is 9.06. The lowest BCUT2D eigenvalue weighted by Crippen LogP contribution is -2.49. The van der Waals surface area contributed by atoms with Crippen LogP contribution >= 0.6 is 0 Å². The maximum absolute atomic E-state index is 12.4. The maximum atomic E-state index is 12.4. The van der Waals surface area contributed by atoms with E-state index in [1.165, 1.54) is 13.0 Å². The summed E-state index contributed by atoms with van der Waals surface area (Å²) < 4.78 is 0. The molecule has 2 heterocycles. The smallest absolute Gasteiger partial charge is 0.293 e. The Morgan fingerprint density at radius 1 is 1.33 bits per heavy atom. The van der Waals surface area contributed by atoms with Gasteiger partial charge in [-0.25, -0.2) is 0 Å². The summed E-state index contributed by atoms with van der Waals surface area (Å²) in [6.07, 6.45) is 3.76. The number of rotatable bonds is 8. The molecule has 1 aromatic carbocycles. The zero-order valence-electron chi connectivity index (χ0n) is 15.5. The Labute approximate surface area is 160 Å². The standard InChI is InChI=1S/C21H24BN2O3/c1-2-18-8-7-16(12-23-18)20(26)9-10-21(27)19-11-15-5-3-4-6-17(15)13-24(19)22-14-25/h3-8,12,14,19,21,27H,2,9-11,13H2,1H3/t19-,21+/m0/s1. The summed E-state index contributed by atoms with van der Waals surface area (Å²) in [5, 5.41) is 10.7. The number of pyridine rings is 1. The highest BCUT2D eigenvalue weighted by Gasteiger charge is 2.31. The zero-order chi connectivity index (χ0) is 19.2. The Kier molecular flexibility index (Phi) is 6.53. The number of carbonyl (C=O) groups excluding carboxylic acids is 2. The molecule has 0 fully saturated rings. The number of nitrogens with zero attached hydrogens (tertiary/aromatic N) is 2. The average molecular weight is 363 g/mol. The van der Waals surface area contributed by atoms with E-state index in [1.54, 1.807) is 12.3 Å². The summed E-state index contributed by atoms with van der Waals surface area (Å²) in [6.45, 7) is 2.61. The van der Waals surface area contributed by atoms with Gasteiger partial charge in [-0.2, -0.15) is 0 Å². The predicted molar refractivity (Wildman–Crippen MR) is 105 cm³/mol. The minimum absolute atomic E-state index is 0.0219. The van der Waals surface area contributed by atoms with E-state index < -0.39 is 6.10 Å². The molecule has 0 bridgehead atoms. The summed E-state index contributed by atoms with van der Waals surface area (Å²) in [5.74, 6) is -0.0219. The molecule has 0 saturated heterocycles. The van der Waals surface area contributed by atoms with Gasteiger partial charge >= 0.3 is 0 Å². The number of aromatic nitrogens is 1. The first-order chi connectivity index (χ1) is 13.1. The van der Waals surface area contributed by atoms with Gasteiger partial charge in [0.25, 0.3) is 7.41 Å². The molecule has 1 aliphatic heterocycles. The molecule has 0 unspecified atom stereocenters. The van der Waals surface area contributed by atoms with Gasteiger partial charge in [0.2, 0.25) is 0 Å². The molecule has 5 nitrogen and oxygen atoms in total. The van der Waals surface area contributed by atoms with Gasteiger partial charge in [-0.1, -0.05) is 31.2 Å². The predicted octanol–water partition coefficient (Wildman–Crippen LogP) is 2.20. The Hall–Kier alpha value is -2.31. The summed E-state index contributed by atoms with van der Waals surface area (Å²) >= 11 is 0. The first kappa shape index (κ1) is 19.5. The van der Waals surface area contributed by atoms with Crippen molar-refractivity contribution in [3.63, 3.8) is 0 Å². The second-order valence-corrected chi connectivity index (χ2v) is 6.92. The largest absolute Gasteiger partial charge is 0.392 e. The van der Waals surface area contributed by atoms with E-state index >= 15 is 0 Å². The Balaban J connectivity index is 1.64. The molecule has 2 atom stereocenters. The first-order valence-corrected chi connectivity index (χ1v) is 9.39. The van der Waals surface area contributed by atoms with Crippen LogP contribution in [0.15, 0.2) is 42.6 Å². The molecule has 1 N–H and O–H groups in total. The van der Waals surface area contributed by atoms with Gasteiger partial charge in [0.15, 0.2) is 5.78 Å². The van der Waals surface area contributed by atoms with Crippen molar-refractivity contribution in [2.75, 3.05) is 0 Å². The minimum atomic E-state index is -0.693. The Bertz CT molecular complexity index is 794. The number of ketones is 1. The van der Waals surface area contributed by atoms with E-state index in [1.807, 2.05) is 36.0 Å². The fourth-order valence-corrected chi connectivity index (χ4v) is 3.58. The highest BCUT2D eigenvalue weighted by Crippen LogP contribution is 2.25. The van der Waals surface area contributed by atoms with Crippen LogP contribution in [0.5, 0.6) is 0 Å². The summed E-state index contributed by atoms with van der Waals surface area (Å²) in [7, 11) is 1.49. The normalized spacial score (nSPS) is 17.8. The number of aliphatic hydroxyl groups excluding tert-OH is 1. The van der Waals surface area contributed by atoms with Gasteiger partial charge in [0.05, 0.1) is 12.3 Å². The number of fused-ring (bicyclic) bond motifs is 1. The minimum Gasteiger partial charge on any atom is -0.392 e. The van der Waals surface area contributed by atoms with E-state index in [0.29, 0.717) is 24.9 Å². The molecule has 0 aliphatic carbocycles. The molecule has 27 heavy (non-hydrogen) atoms. The number of Topliss-reactive ketones (excluding diaryl/α,β-unsaturated/α-hetero) is 1. The van der Waals surface area contributed by atoms with E-state index in [-0.39, 0.29) is 18.2 Å². The van der Waals surface area contributed by atoms with Crippen molar-refractivity contribution < 1.29 is 14.7 Å². The molecule has 1 radical (unpaired) electrons. The number of hydrogen-bond donors (Lipinski definition) is 1. The molecule has 1 aliphatic rings. The monoisotopic (exact) mass is 363 g/mol. The Morgan fingerprint density at radius 2 is 2.11 bits per heavy atom. The van der Waals surface area contributed by atoms with Crippen molar-refractivity contribution in [3.8, 4) is 0 Å². The van der Waals surface area contributed by atoms with Crippen LogP contribution in [0.1, 0.15) is 46.9 Å². The summed E-state index contributed by atoms with van der Waals surface area (Å²) in [4.78, 5) is 29.6.